The van der Waals surface area contributed by atoms with Gasteiger partial charge in [-0.3, -0.25) is 13.8 Å². The number of alkyl halides is 3. The molecule has 0 spiro atoms. The largest absolute Gasteiger partial charge is 0.426 e. The molecule has 0 saturated carbocycles. The lowest BCUT2D eigenvalue weighted by atomic mass is 10.0. The summed E-state index contributed by atoms with van der Waals surface area (Å²) in [5, 5.41) is 13.1. The molecule has 1 aromatic heterocycles. The van der Waals surface area contributed by atoms with E-state index in [1.54, 1.807) is 11.4 Å². The number of ketones is 1. The molecule has 2 atom stereocenters. The molecule has 3 rings (SSSR count). The highest BCUT2D eigenvalue weighted by Gasteiger charge is 2.56. The maximum atomic E-state index is 12.9. The summed E-state index contributed by atoms with van der Waals surface area (Å²) in [7, 11) is -1.60. The molecule has 0 radical (unpaired) electrons. The molecular weight excluding hydrogens is 391 g/mol. The first kappa shape index (κ1) is 18.7. The number of hydrogen-bond acceptors (Lipinski definition) is 5. The number of thiophene rings is 1. The van der Waals surface area contributed by atoms with Gasteiger partial charge in [-0.2, -0.15) is 13.2 Å². The highest BCUT2D eigenvalue weighted by molar-refractivity contribution is 7.84. The standard InChI is InChI=1S/C16H12F3NO4S2/c1-15(23,16(17,18)19)14(22)20-9-3-2-4-11-12(9)13(21)8-5-6-25-10(8)7-26(11)24/h2-6,23H,7H2,1H3,(H,20,22). The Morgan fingerprint density at radius 1 is 1.31 bits per heavy atom. The molecule has 26 heavy (non-hydrogen) atoms. The van der Waals surface area contributed by atoms with E-state index in [1.807, 2.05) is 5.32 Å². The van der Waals surface area contributed by atoms with Crippen LogP contribution in [0.5, 0.6) is 0 Å². The molecule has 0 fully saturated rings. The van der Waals surface area contributed by atoms with Crippen molar-refractivity contribution in [2.75, 3.05) is 5.32 Å². The van der Waals surface area contributed by atoms with Crippen LogP contribution in [0.4, 0.5) is 18.9 Å². The second-order valence-electron chi connectivity index (χ2n) is 5.78. The Morgan fingerprint density at radius 2 is 2.00 bits per heavy atom. The van der Waals surface area contributed by atoms with E-state index in [-0.39, 0.29) is 21.9 Å². The highest BCUT2D eigenvalue weighted by atomic mass is 32.2. The Balaban J connectivity index is 2.08. The smallest absolute Gasteiger partial charge is 0.373 e. The summed E-state index contributed by atoms with van der Waals surface area (Å²) in [5.41, 5.74) is -3.70. The van der Waals surface area contributed by atoms with Crippen molar-refractivity contribution >= 4 is 39.5 Å². The minimum atomic E-state index is -5.20. The molecule has 0 bridgehead atoms. The van der Waals surface area contributed by atoms with Crippen LogP contribution in [0.1, 0.15) is 27.7 Å². The number of aliphatic hydroxyl groups is 1. The lowest BCUT2D eigenvalue weighted by Crippen LogP contribution is -2.52. The number of anilines is 1. The maximum Gasteiger partial charge on any atom is 0.426 e. The molecule has 1 amide bonds. The lowest BCUT2D eigenvalue weighted by Gasteiger charge is -2.25. The third-order valence-electron chi connectivity index (χ3n) is 3.99. The van der Waals surface area contributed by atoms with E-state index >= 15 is 0 Å². The number of carbonyl (C=O) groups is 2. The van der Waals surface area contributed by atoms with Gasteiger partial charge in [-0.1, -0.05) is 6.07 Å². The average Bonchev–Trinajstić information content (AvgIpc) is 2.97. The van der Waals surface area contributed by atoms with Crippen LogP contribution in [-0.4, -0.2) is 32.8 Å². The van der Waals surface area contributed by atoms with Crippen molar-refractivity contribution in [3.05, 3.63) is 45.6 Å². The molecule has 138 valence electrons. The lowest BCUT2D eigenvalue weighted by molar-refractivity contribution is -0.242. The molecule has 2 N–H and O–H groups in total. The number of halogens is 3. The van der Waals surface area contributed by atoms with Gasteiger partial charge in [0.1, 0.15) is 0 Å². The van der Waals surface area contributed by atoms with Gasteiger partial charge in [0.2, 0.25) is 5.60 Å². The van der Waals surface area contributed by atoms with Crippen LogP contribution < -0.4 is 5.32 Å². The second kappa shape index (κ2) is 6.29. The van der Waals surface area contributed by atoms with Crippen LogP contribution in [0, 0.1) is 0 Å². The summed E-state index contributed by atoms with van der Waals surface area (Å²) in [6, 6.07) is 5.58. The van der Waals surface area contributed by atoms with E-state index in [4.69, 9.17) is 0 Å². The zero-order valence-electron chi connectivity index (χ0n) is 13.2. The molecule has 10 heteroatoms. The number of hydrogen-bond donors (Lipinski definition) is 2. The average molecular weight is 403 g/mol. The predicted octanol–water partition coefficient (Wildman–Crippen LogP) is 2.85. The van der Waals surface area contributed by atoms with Gasteiger partial charge in [0.05, 0.1) is 32.7 Å². The molecule has 1 aliphatic rings. The van der Waals surface area contributed by atoms with E-state index in [0.717, 1.165) is 0 Å². The van der Waals surface area contributed by atoms with Gasteiger partial charge in [0.15, 0.2) is 5.78 Å². The fourth-order valence-corrected chi connectivity index (χ4v) is 4.88. The zero-order chi connectivity index (χ0) is 19.3. The van der Waals surface area contributed by atoms with Gasteiger partial charge in [-0.05, 0) is 30.5 Å². The first-order valence-electron chi connectivity index (χ1n) is 7.27. The van der Waals surface area contributed by atoms with Gasteiger partial charge in [-0.15, -0.1) is 11.3 Å². The van der Waals surface area contributed by atoms with Gasteiger partial charge in [-0.25, -0.2) is 0 Å². The number of carbonyl (C=O) groups excluding carboxylic acids is 2. The SMILES string of the molecule is CC(O)(C(=O)Nc1cccc2c1C(=O)c1ccsc1CS2=O)C(F)(F)F. The van der Waals surface area contributed by atoms with E-state index in [0.29, 0.717) is 17.4 Å². The Morgan fingerprint density at radius 3 is 2.65 bits per heavy atom. The Hall–Kier alpha value is -2.04. The molecule has 1 aliphatic heterocycles. The van der Waals surface area contributed by atoms with Crippen molar-refractivity contribution in [3.63, 3.8) is 0 Å². The van der Waals surface area contributed by atoms with Crippen molar-refractivity contribution < 1.29 is 32.1 Å². The van der Waals surface area contributed by atoms with Gasteiger partial charge in [0, 0.05) is 10.4 Å². The van der Waals surface area contributed by atoms with E-state index < -0.39 is 34.3 Å². The van der Waals surface area contributed by atoms with Gasteiger partial charge in [0.25, 0.3) is 5.91 Å². The van der Waals surface area contributed by atoms with Crippen LogP contribution >= 0.6 is 11.3 Å². The van der Waals surface area contributed by atoms with Crippen LogP contribution in [0.3, 0.4) is 0 Å². The number of benzene rings is 1. The molecule has 5 nitrogen and oxygen atoms in total. The Labute approximate surface area is 152 Å². The van der Waals surface area contributed by atoms with Crippen LogP contribution in [-0.2, 0) is 21.3 Å². The first-order valence-corrected chi connectivity index (χ1v) is 9.47. The van der Waals surface area contributed by atoms with Crippen molar-refractivity contribution in [1.82, 2.24) is 0 Å². The normalized spacial score (nSPS) is 19.1. The van der Waals surface area contributed by atoms with Gasteiger partial charge < -0.3 is 10.4 Å². The zero-order valence-corrected chi connectivity index (χ0v) is 14.8. The first-order chi connectivity index (χ1) is 12.0. The highest BCUT2D eigenvalue weighted by Crippen LogP contribution is 2.36. The van der Waals surface area contributed by atoms with Crippen LogP contribution in [0.25, 0.3) is 0 Å². The number of amides is 1. The third-order valence-corrected chi connectivity index (χ3v) is 6.48. The minimum Gasteiger partial charge on any atom is -0.373 e. The summed E-state index contributed by atoms with van der Waals surface area (Å²) < 4.78 is 51.1. The predicted molar refractivity (Wildman–Crippen MR) is 89.6 cm³/mol. The van der Waals surface area contributed by atoms with Gasteiger partial charge >= 0.3 is 6.18 Å². The van der Waals surface area contributed by atoms with Crippen molar-refractivity contribution in [1.29, 1.82) is 0 Å². The summed E-state index contributed by atoms with van der Waals surface area (Å²) in [4.78, 5) is 25.5. The molecule has 2 unspecified atom stereocenters. The molecule has 2 heterocycles. The maximum absolute atomic E-state index is 12.9. The fourth-order valence-electron chi connectivity index (χ4n) is 2.42. The third kappa shape index (κ3) is 2.97. The summed E-state index contributed by atoms with van der Waals surface area (Å²) in [6.07, 6.45) is -5.20. The summed E-state index contributed by atoms with van der Waals surface area (Å²) in [6.45, 7) is 0.320. The minimum absolute atomic E-state index is 0.101. The van der Waals surface area contributed by atoms with Crippen molar-refractivity contribution in [3.8, 4) is 0 Å². The van der Waals surface area contributed by atoms with E-state index in [2.05, 4.69) is 0 Å². The quantitative estimate of drug-likeness (QED) is 0.808. The topological polar surface area (TPSA) is 83.5 Å². The molecular formula is C16H12F3NO4S2. The second-order valence-corrected chi connectivity index (χ2v) is 8.20. The number of nitrogens with one attached hydrogen (secondary N) is 1. The van der Waals surface area contributed by atoms with Crippen molar-refractivity contribution in [2.45, 2.75) is 29.3 Å². The van der Waals surface area contributed by atoms with E-state index in [9.17, 15) is 32.1 Å². The van der Waals surface area contributed by atoms with Crippen molar-refractivity contribution in [2.24, 2.45) is 0 Å². The van der Waals surface area contributed by atoms with Crippen LogP contribution in [0.15, 0.2) is 34.5 Å². The number of rotatable bonds is 2. The molecule has 0 aliphatic carbocycles. The molecule has 0 saturated heterocycles. The van der Waals surface area contributed by atoms with E-state index in [1.165, 1.54) is 29.5 Å². The Kier molecular flexibility index (Phi) is 4.53. The monoisotopic (exact) mass is 403 g/mol. The molecule has 1 aromatic carbocycles. The fraction of sp³-hybridized carbons (Fsp3) is 0.250. The molecule has 2 aromatic rings. The number of fused-ring (bicyclic) bond motifs is 2. The van der Waals surface area contributed by atoms with Crippen LogP contribution in [0.2, 0.25) is 0 Å². The Bertz CT molecular complexity index is 934. The summed E-state index contributed by atoms with van der Waals surface area (Å²) >= 11 is 1.25. The summed E-state index contributed by atoms with van der Waals surface area (Å²) in [5.74, 6) is -2.17.